The molecule has 148 valence electrons. The molecule has 0 radical (unpaired) electrons. The van der Waals surface area contributed by atoms with Crippen LogP contribution in [0.15, 0.2) is 72.9 Å². The third-order valence-corrected chi connectivity index (χ3v) is 5.15. The molecule has 5 rings (SSSR count). The molecule has 0 saturated carbocycles. The summed E-state index contributed by atoms with van der Waals surface area (Å²) in [5, 5.41) is 6.69. The van der Waals surface area contributed by atoms with Crippen LogP contribution in [0.25, 0.3) is 38.8 Å². The zero-order valence-corrected chi connectivity index (χ0v) is 16.5. The summed E-state index contributed by atoms with van der Waals surface area (Å²) in [6.07, 6.45) is 1.83. The van der Waals surface area contributed by atoms with Crippen molar-refractivity contribution in [3.05, 3.63) is 78.7 Å². The summed E-state index contributed by atoms with van der Waals surface area (Å²) in [5.74, 6) is 1.21. The van der Waals surface area contributed by atoms with E-state index in [4.69, 9.17) is 14.6 Å². The van der Waals surface area contributed by atoms with Gasteiger partial charge in [-0.15, -0.1) is 0 Å². The average Bonchev–Trinajstić information content (AvgIpc) is 3.19. The Hall–Kier alpha value is -3.93. The number of ether oxygens (including phenoxy) is 2. The first-order chi connectivity index (χ1) is 14.7. The number of pyridine rings is 1. The van der Waals surface area contributed by atoms with Crippen LogP contribution in [0.2, 0.25) is 0 Å². The van der Waals surface area contributed by atoms with E-state index < -0.39 is 0 Å². The normalized spacial score (nSPS) is 11.2. The second-order valence-electron chi connectivity index (χ2n) is 6.87. The molecule has 3 aromatic carbocycles. The quantitative estimate of drug-likeness (QED) is 0.406. The van der Waals surface area contributed by atoms with Crippen molar-refractivity contribution in [1.82, 2.24) is 14.8 Å². The van der Waals surface area contributed by atoms with Gasteiger partial charge in [0.2, 0.25) is 0 Å². The maximum absolute atomic E-state index is 13.5. The Morgan fingerprint density at radius 2 is 1.50 bits per heavy atom. The monoisotopic (exact) mass is 399 g/mol. The molecule has 6 heteroatoms. The lowest BCUT2D eigenvalue weighted by molar-refractivity contribution is 0.415. The van der Waals surface area contributed by atoms with Gasteiger partial charge in [0.25, 0.3) is 0 Å². The highest BCUT2D eigenvalue weighted by Gasteiger charge is 2.17. The van der Waals surface area contributed by atoms with Gasteiger partial charge in [-0.3, -0.25) is 4.98 Å². The van der Waals surface area contributed by atoms with E-state index in [0.717, 1.165) is 50.2 Å². The van der Waals surface area contributed by atoms with Gasteiger partial charge in [-0.2, -0.15) is 5.10 Å². The van der Waals surface area contributed by atoms with Crippen molar-refractivity contribution in [3.8, 4) is 28.4 Å². The van der Waals surface area contributed by atoms with Crippen molar-refractivity contribution in [1.29, 1.82) is 0 Å². The predicted octanol–water partition coefficient (Wildman–Crippen LogP) is 5.40. The van der Waals surface area contributed by atoms with Gasteiger partial charge >= 0.3 is 0 Å². The summed E-state index contributed by atoms with van der Waals surface area (Å²) in [4.78, 5) is 4.63. The summed E-state index contributed by atoms with van der Waals surface area (Å²) in [7, 11) is 3.27. The molecule has 5 nitrogen and oxygen atoms in total. The minimum absolute atomic E-state index is 0.293. The number of methoxy groups -OCH3 is 2. The zero-order chi connectivity index (χ0) is 20.7. The van der Waals surface area contributed by atoms with Crippen molar-refractivity contribution in [2.24, 2.45) is 0 Å². The molecule has 5 aromatic rings. The molecule has 0 fully saturated rings. The Labute approximate surface area is 172 Å². The first-order valence-electron chi connectivity index (χ1n) is 9.44. The average molecular weight is 399 g/mol. The third-order valence-electron chi connectivity index (χ3n) is 5.15. The van der Waals surface area contributed by atoms with Crippen LogP contribution >= 0.6 is 0 Å². The lowest BCUT2D eigenvalue weighted by Crippen LogP contribution is -1.97. The van der Waals surface area contributed by atoms with E-state index in [1.165, 1.54) is 12.1 Å². The first kappa shape index (κ1) is 18.1. The van der Waals surface area contributed by atoms with E-state index in [1.54, 1.807) is 26.4 Å². The molecule has 0 aliphatic heterocycles. The topological polar surface area (TPSA) is 49.2 Å². The number of nitrogens with zero attached hydrogens (tertiary/aromatic N) is 3. The van der Waals surface area contributed by atoms with Crippen molar-refractivity contribution in [3.63, 3.8) is 0 Å². The van der Waals surface area contributed by atoms with Crippen LogP contribution in [0.1, 0.15) is 0 Å². The number of hydrogen-bond acceptors (Lipinski definition) is 4. The van der Waals surface area contributed by atoms with Gasteiger partial charge in [0.05, 0.1) is 30.9 Å². The lowest BCUT2D eigenvalue weighted by Gasteiger charge is -2.07. The van der Waals surface area contributed by atoms with Crippen LogP contribution in [0.4, 0.5) is 4.39 Å². The molecule has 2 heterocycles. The van der Waals surface area contributed by atoms with Crippen LogP contribution in [-0.2, 0) is 0 Å². The molecule has 0 bridgehead atoms. The van der Waals surface area contributed by atoms with E-state index in [-0.39, 0.29) is 5.82 Å². The van der Waals surface area contributed by atoms with E-state index >= 15 is 0 Å². The van der Waals surface area contributed by atoms with Gasteiger partial charge in [0.1, 0.15) is 23.0 Å². The molecule has 0 aliphatic rings. The van der Waals surface area contributed by atoms with Crippen LogP contribution in [0.5, 0.6) is 11.5 Å². The number of aromatic nitrogens is 3. The largest absolute Gasteiger partial charge is 0.497 e. The second kappa shape index (κ2) is 7.15. The predicted molar refractivity (Wildman–Crippen MR) is 115 cm³/mol. The Morgan fingerprint density at radius 3 is 2.20 bits per heavy atom. The Kier molecular flexibility index (Phi) is 4.32. The molecular formula is C24H18FN3O2. The van der Waals surface area contributed by atoms with Gasteiger partial charge < -0.3 is 9.47 Å². The number of benzene rings is 3. The molecule has 0 saturated heterocycles. The fraction of sp³-hybridized carbons (Fsp3) is 0.0833. The molecule has 0 aliphatic carbocycles. The Bertz CT molecular complexity index is 1360. The first-order valence-corrected chi connectivity index (χ1v) is 9.44. The molecule has 2 aromatic heterocycles. The van der Waals surface area contributed by atoms with E-state index in [9.17, 15) is 4.39 Å². The second-order valence-corrected chi connectivity index (χ2v) is 6.87. The van der Waals surface area contributed by atoms with E-state index in [2.05, 4.69) is 4.98 Å². The van der Waals surface area contributed by atoms with Crippen LogP contribution in [0.3, 0.4) is 0 Å². The minimum atomic E-state index is -0.293. The Morgan fingerprint density at radius 1 is 0.800 bits per heavy atom. The highest BCUT2D eigenvalue weighted by atomic mass is 19.1. The fourth-order valence-corrected chi connectivity index (χ4v) is 3.62. The summed E-state index contributed by atoms with van der Waals surface area (Å²) in [6.45, 7) is 0. The molecule has 0 spiro atoms. The van der Waals surface area contributed by atoms with E-state index in [1.807, 2.05) is 53.3 Å². The smallest absolute Gasteiger partial charge is 0.123 e. The molecule has 0 unspecified atom stereocenters. The maximum Gasteiger partial charge on any atom is 0.123 e. The van der Waals surface area contributed by atoms with Crippen molar-refractivity contribution < 1.29 is 13.9 Å². The van der Waals surface area contributed by atoms with E-state index in [0.29, 0.717) is 0 Å². The van der Waals surface area contributed by atoms with Crippen molar-refractivity contribution >= 4 is 21.8 Å². The van der Waals surface area contributed by atoms with Gasteiger partial charge in [-0.25, -0.2) is 9.07 Å². The number of rotatable bonds is 4. The summed E-state index contributed by atoms with van der Waals surface area (Å²) >= 11 is 0. The fourth-order valence-electron chi connectivity index (χ4n) is 3.62. The van der Waals surface area contributed by atoms with Crippen LogP contribution in [0, 0.1) is 5.82 Å². The SMILES string of the molecule is COc1ccc(-c2nn(-c3ccc(F)cc3)c3c2cnc2ccc(OC)cc23)cc1. The molecule has 30 heavy (non-hydrogen) atoms. The highest BCUT2D eigenvalue weighted by Crippen LogP contribution is 2.35. The van der Waals surface area contributed by atoms with Gasteiger partial charge in [0, 0.05) is 22.5 Å². The molecule has 0 amide bonds. The number of fused-ring (bicyclic) bond motifs is 3. The van der Waals surface area contributed by atoms with Gasteiger partial charge in [0.15, 0.2) is 0 Å². The van der Waals surface area contributed by atoms with Crippen molar-refractivity contribution in [2.75, 3.05) is 14.2 Å². The number of halogens is 1. The standard InChI is InChI=1S/C24H18FN3O2/c1-29-18-9-3-15(4-10-18)23-21-14-26-22-12-11-19(30-2)13-20(22)24(21)28(27-23)17-7-5-16(25)6-8-17/h3-14H,1-2H3. The van der Waals surface area contributed by atoms with Crippen LogP contribution < -0.4 is 9.47 Å². The maximum atomic E-state index is 13.5. The summed E-state index contributed by atoms with van der Waals surface area (Å²) in [6, 6.07) is 19.8. The highest BCUT2D eigenvalue weighted by molar-refractivity contribution is 6.09. The third kappa shape index (κ3) is 2.93. The van der Waals surface area contributed by atoms with Gasteiger partial charge in [-0.05, 0) is 66.7 Å². The van der Waals surface area contributed by atoms with Crippen molar-refractivity contribution in [2.45, 2.75) is 0 Å². The van der Waals surface area contributed by atoms with Crippen LogP contribution in [-0.4, -0.2) is 29.0 Å². The summed E-state index contributed by atoms with van der Waals surface area (Å²) < 4.78 is 26.1. The zero-order valence-electron chi connectivity index (χ0n) is 16.5. The lowest BCUT2D eigenvalue weighted by atomic mass is 10.1. The molecule has 0 atom stereocenters. The minimum Gasteiger partial charge on any atom is -0.497 e. The number of hydrogen-bond donors (Lipinski definition) is 0. The Balaban J connectivity index is 1.85. The molecule has 0 N–H and O–H groups in total. The van der Waals surface area contributed by atoms with Gasteiger partial charge in [-0.1, -0.05) is 0 Å². The summed E-state index contributed by atoms with van der Waals surface area (Å²) in [5.41, 5.74) is 4.19. The molecular weight excluding hydrogens is 381 g/mol.